The molecule has 0 bridgehead atoms. The predicted molar refractivity (Wildman–Crippen MR) is 194 cm³/mol. The highest BCUT2D eigenvalue weighted by Crippen LogP contribution is 2.78. The third-order valence-corrected chi connectivity index (χ3v) is 16.6. The summed E-state index contributed by atoms with van der Waals surface area (Å²) < 4.78 is 6.27. The number of carbonyl (C=O) groups is 3. The smallest absolute Gasteiger partial charge is 0.306 e. The van der Waals surface area contributed by atoms with Gasteiger partial charge in [0.15, 0.2) is 0 Å². The molecule has 1 aliphatic heterocycles. The largest absolute Gasteiger partial charge is 0.481 e. The van der Waals surface area contributed by atoms with Crippen molar-refractivity contribution in [3.63, 3.8) is 0 Å². The van der Waals surface area contributed by atoms with Crippen molar-refractivity contribution in [2.45, 2.75) is 157 Å². The van der Waals surface area contributed by atoms with Crippen molar-refractivity contribution in [3.05, 3.63) is 12.2 Å². The van der Waals surface area contributed by atoms with Crippen molar-refractivity contribution in [1.82, 2.24) is 10.6 Å². The van der Waals surface area contributed by atoms with E-state index in [1.54, 1.807) is 0 Å². The lowest BCUT2D eigenvalue weighted by Gasteiger charge is -2.73. The molecule has 5 aliphatic carbocycles. The Bertz CT molecular complexity index is 1330. The van der Waals surface area contributed by atoms with Gasteiger partial charge >= 0.3 is 11.9 Å². The Morgan fingerprint density at radius 3 is 2.27 bits per heavy atom. The fourth-order valence-corrected chi connectivity index (χ4v) is 14.2. The molecular formula is C42H68N2O5. The van der Waals surface area contributed by atoms with Gasteiger partial charge in [-0.3, -0.25) is 14.4 Å². The predicted octanol–water partition coefficient (Wildman–Crippen LogP) is 8.32. The third kappa shape index (κ3) is 6.12. The Kier molecular flexibility index (Phi) is 9.53. The van der Waals surface area contributed by atoms with E-state index in [-0.39, 0.29) is 63.9 Å². The number of carboxylic acids is 1. The van der Waals surface area contributed by atoms with Gasteiger partial charge in [-0.05, 0) is 141 Å². The topological polar surface area (TPSA) is 105 Å². The number of nitrogens with one attached hydrogen (secondary N) is 2. The van der Waals surface area contributed by atoms with E-state index in [1.165, 1.54) is 37.7 Å². The summed E-state index contributed by atoms with van der Waals surface area (Å²) in [4.78, 5) is 38.2. The van der Waals surface area contributed by atoms with Crippen LogP contribution in [0.15, 0.2) is 12.2 Å². The standard InChI is InChI=1S/C42H68N2O5/c1-26(2)28-12-18-42(22-33(45)44-27-15-21-43-25-27)20-19-40(8)29(36(28)42)10-11-31-39(7)16-14-32(38(5,6)30(39)13-17-41(31,40)9)49-35(48)24-37(3,4)23-34(46)47/h27-32,36,43H,1,10-25H2,2-9H3,(H,44,45)(H,46,47)/t27-,28?,29+,30?,31?,32-,36?,39-,40+,41+,42+/m0/s1. The van der Waals surface area contributed by atoms with E-state index >= 15 is 0 Å². The minimum atomic E-state index is -0.880. The average Bonchev–Trinajstić information content (AvgIpc) is 3.62. The van der Waals surface area contributed by atoms with E-state index in [1.807, 2.05) is 13.8 Å². The second-order valence-corrected chi connectivity index (χ2v) is 20.2. The molecule has 3 N–H and O–H groups in total. The molecule has 276 valence electrons. The summed E-state index contributed by atoms with van der Waals surface area (Å²) >= 11 is 0. The SMILES string of the molecule is C=C(C)C1CC[C@]2(CC(=O)N[C@H]3CCNC3)CC[C@]3(C)[C@H](CCC4[C@@]5(C)CC[C@H](OC(=O)CC(C)(C)CC(=O)O)C(C)(C)C5CC[C@]43C)C12. The third-order valence-electron chi connectivity index (χ3n) is 16.6. The zero-order valence-electron chi connectivity index (χ0n) is 32.1. The van der Waals surface area contributed by atoms with E-state index in [4.69, 9.17) is 4.74 Å². The van der Waals surface area contributed by atoms with E-state index in [0.717, 1.165) is 51.6 Å². The van der Waals surface area contributed by atoms with Gasteiger partial charge in [0.05, 0.1) is 12.8 Å². The van der Waals surface area contributed by atoms with Crippen LogP contribution in [0, 0.1) is 62.1 Å². The van der Waals surface area contributed by atoms with Crippen LogP contribution in [-0.2, 0) is 19.1 Å². The molecule has 49 heavy (non-hydrogen) atoms. The highest BCUT2D eigenvalue weighted by molar-refractivity contribution is 5.77. The molecule has 5 saturated carbocycles. The Morgan fingerprint density at radius 2 is 1.61 bits per heavy atom. The number of esters is 1. The minimum Gasteiger partial charge on any atom is -0.481 e. The normalized spacial score (nSPS) is 44.1. The van der Waals surface area contributed by atoms with Crippen molar-refractivity contribution in [2.24, 2.45) is 62.1 Å². The first-order chi connectivity index (χ1) is 22.8. The maximum absolute atomic E-state index is 13.7. The van der Waals surface area contributed by atoms with Crippen LogP contribution in [0.25, 0.3) is 0 Å². The molecule has 1 amide bonds. The maximum Gasteiger partial charge on any atom is 0.306 e. The van der Waals surface area contributed by atoms with Crippen LogP contribution >= 0.6 is 0 Å². The molecule has 11 atom stereocenters. The first-order valence-electron chi connectivity index (χ1n) is 19.8. The zero-order chi connectivity index (χ0) is 35.8. The molecule has 0 radical (unpaired) electrons. The van der Waals surface area contributed by atoms with Crippen molar-refractivity contribution in [3.8, 4) is 0 Å². The van der Waals surface area contributed by atoms with Crippen LogP contribution in [0.1, 0.15) is 145 Å². The number of hydrogen-bond donors (Lipinski definition) is 3. The summed E-state index contributed by atoms with van der Waals surface area (Å²) in [7, 11) is 0. The molecule has 0 aromatic heterocycles. The van der Waals surface area contributed by atoms with Crippen LogP contribution in [0.3, 0.4) is 0 Å². The molecule has 6 fully saturated rings. The summed E-state index contributed by atoms with van der Waals surface area (Å²) in [5, 5.41) is 16.1. The molecule has 4 unspecified atom stereocenters. The molecule has 7 nitrogen and oxygen atoms in total. The van der Waals surface area contributed by atoms with Gasteiger partial charge in [-0.1, -0.05) is 60.6 Å². The van der Waals surface area contributed by atoms with Crippen molar-refractivity contribution in [1.29, 1.82) is 0 Å². The molecule has 6 rings (SSSR count). The molecule has 1 heterocycles. The molecule has 0 spiro atoms. The Labute approximate surface area is 296 Å². The van der Waals surface area contributed by atoms with E-state index in [9.17, 15) is 19.5 Å². The number of rotatable bonds is 9. The van der Waals surface area contributed by atoms with E-state index in [0.29, 0.717) is 36.0 Å². The van der Waals surface area contributed by atoms with Crippen LogP contribution in [0.4, 0.5) is 0 Å². The highest BCUT2D eigenvalue weighted by Gasteiger charge is 2.71. The number of carbonyl (C=O) groups excluding carboxylic acids is 2. The van der Waals surface area contributed by atoms with Gasteiger partial charge in [0.25, 0.3) is 0 Å². The lowest BCUT2D eigenvalue weighted by Crippen LogP contribution is -2.67. The second kappa shape index (κ2) is 12.7. The molecule has 6 aliphatic rings. The quantitative estimate of drug-likeness (QED) is 0.167. The number of allylic oxidation sites excluding steroid dienone is 1. The average molecular weight is 681 g/mol. The van der Waals surface area contributed by atoms with Gasteiger partial charge in [-0.25, -0.2) is 0 Å². The van der Waals surface area contributed by atoms with Crippen molar-refractivity contribution < 1.29 is 24.2 Å². The fourth-order valence-electron chi connectivity index (χ4n) is 14.2. The molecule has 0 aromatic rings. The van der Waals surface area contributed by atoms with E-state index < -0.39 is 11.4 Å². The van der Waals surface area contributed by atoms with Crippen LogP contribution < -0.4 is 10.6 Å². The molecular weight excluding hydrogens is 612 g/mol. The zero-order valence-corrected chi connectivity index (χ0v) is 32.1. The van der Waals surface area contributed by atoms with Gasteiger partial charge in [-0.15, -0.1) is 0 Å². The van der Waals surface area contributed by atoms with Gasteiger partial charge in [0.1, 0.15) is 6.10 Å². The van der Waals surface area contributed by atoms with Gasteiger partial charge < -0.3 is 20.5 Å². The monoisotopic (exact) mass is 681 g/mol. The summed E-state index contributed by atoms with van der Waals surface area (Å²) in [5.41, 5.74) is 1.22. The number of hydrogen-bond acceptors (Lipinski definition) is 5. The summed E-state index contributed by atoms with van der Waals surface area (Å²) in [6.45, 7) is 24.9. The Balaban J connectivity index is 1.22. The number of amides is 1. The maximum atomic E-state index is 13.7. The number of carboxylic acid groups (broad SMARTS) is 1. The molecule has 1 saturated heterocycles. The lowest BCUT2D eigenvalue weighted by molar-refractivity contribution is -0.250. The highest BCUT2D eigenvalue weighted by atomic mass is 16.5. The van der Waals surface area contributed by atoms with Crippen molar-refractivity contribution >= 4 is 17.8 Å². The van der Waals surface area contributed by atoms with Crippen LogP contribution in [-0.4, -0.2) is 48.2 Å². The number of ether oxygens (including phenoxy) is 1. The second-order valence-electron chi connectivity index (χ2n) is 20.2. The van der Waals surface area contributed by atoms with Gasteiger partial charge in [0.2, 0.25) is 5.91 Å². The fraction of sp³-hybridized carbons (Fsp3) is 0.881. The van der Waals surface area contributed by atoms with Gasteiger partial charge in [0, 0.05) is 24.4 Å². The minimum absolute atomic E-state index is 0.0443. The first kappa shape index (κ1) is 36.9. The molecule has 7 heteroatoms. The molecule has 0 aromatic carbocycles. The summed E-state index contributed by atoms with van der Waals surface area (Å²) in [6, 6.07) is 0.270. The summed E-state index contributed by atoms with van der Waals surface area (Å²) in [5.74, 6) is 1.83. The number of aliphatic carboxylic acids is 1. The summed E-state index contributed by atoms with van der Waals surface area (Å²) in [6.07, 6.45) is 13.1. The lowest BCUT2D eigenvalue weighted by atomic mass is 9.32. The Hall–Kier alpha value is -1.89. The van der Waals surface area contributed by atoms with Gasteiger partial charge in [-0.2, -0.15) is 0 Å². The van der Waals surface area contributed by atoms with E-state index in [2.05, 4.69) is 58.8 Å². The van der Waals surface area contributed by atoms with Crippen molar-refractivity contribution in [2.75, 3.05) is 13.1 Å². The Morgan fingerprint density at radius 1 is 0.878 bits per heavy atom. The van der Waals surface area contributed by atoms with Crippen LogP contribution in [0.2, 0.25) is 0 Å². The number of fused-ring (bicyclic) bond motifs is 7. The first-order valence-corrected chi connectivity index (χ1v) is 19.8. The van der Waals surface area contributed by atoms with Crippen LogP contribution in [0.5, 0.6) is 0 Å².